The van der Waals surface area contributed by atoms with Gasteiger partial charge in [0.25, 0.3) is 0 Å². The van der Waals surface area contributed by atoms with Gasteiger partial charge >= 0.3 is 5.97 Å². The molecule has 0 radical (unpaired) electrons. The van der Waals surface area contributed by atoms with E-state index < -0.39 is 0 Å². The highest BCUT2D eigenvalue weighted by Gasteiger charge is 2.27. The number of aliphatic imine (C=N–C) groups is 1. The fraction of sp³-hybridized carbons (Fsp3) is 0.789. The third kappa shape index (κ3) is 7.00. The molecule has 2 rings (SSSR count). The van der Waals surface area contributed by atoms with Crippen LogP contribution in [-0.2, 0) is 23.1 Å². The van der Waals surface area contributed by atoms with E-state index in [9.17, 15) is 4.79 Å². The Balaban J connectivity index is 1.91. The molecule has 1 saturated carbocycles. The van der Waals surface area contributed by atoms with Gasteiger partial charge in [-0.1, -0.05) is 0 Å². The average Bonchev–Trinajstić information content (AvgIpc) is 3.02. The fourth-order valence-corrected chi connectivity index (χ4v) is 3.67. The zero-order valence-electron chi connectivity index (χ0n) is 17.5. The molecule has 0 bridgehead atoms. The normalized spacial score (nSPS) is 20.1. The second-order valence-electron chi connectivity index (χ2n) is 7.11. The summed E-state index contributed by atoms with van der Waals surface area (Å²) in [5.41, 5.74) is 0. The molecule has 0 amide bonds. The summed E-state index contributed by atoms with van der Waals surface area (Å²) in [4.78, 5) is 16.6. The molecule has 2 N–H and O–H groups in total. The standard InChI is InChI=1S/C19H34N6O2S/c1-5-27-18(26)15-7-9-16(10-8-15)22-19(20-11-6-12-28-4)21-13-17-24-23-14(2)25(17)3/h15-16H,5-13H2,1-4H3,(H2,20,21,22). The largest absolute Gasteiger partial charge is 0.466 e. The summed E-state index contributed by atoms with van der Waals surface area (Å²) in [6.45, 7) is 5.60. The summed E-state index contributed by atoms with van der Waals surface area (Å²) >= 11 is 1.85. The van der Waals surface area contributed by atoms with Crippen molar-refractivity contribution < 1.29 is 9.53 Å². The quantitative estimate of drug-likeness (QED) is 0.278. The summed E-state index contributed by atoms with van der Waals surface area (Å²) in [7, 11) is 1.95. The van der Waals surface area contributed by atoms with Gasteiger partial charge in [0.2, 0.25) is 0 Å². The number of nitrogens with one attached hydrogen (secondary N) is 2. The number of carbonyl (C=O) groups excluding carboxylic acids is 1. The predicted octanol–water partition coefficient (Wildman–Crippen LogP) is 2.03. The van der Waals surface area contributed by atoms with Crippen molar-refractivity contribution in [2.24, 2.45) is 18.0 Å². The highest BCUT2D eigenvalue weighted by atomic mass is 32.2. The van der Waals surface area contributed by atoms with Crippen molar-refractivity contribution >= 4 is 23.7 Å². The van der Waals surface area contributed by atoms with Gasteiger partial charge in [-0.25, -0.2) is 4.99 Å². The molecule has 9 heteroatoms. The Kier molecular flexibility index (Phi) is 9.60. The Hall–Kier alpha value is -1.77. The second-order valence-corrected chi connectivity index (χ2v) is 8.09. The van der Waals surface area contributed by atoms with Gasteiger partial charge in [-0.2, -0.15) is 11.8 Å². The Morgan fingerprint density at radius 1 is 1.32 bits per heavy atom. The highest BCUT2D eigenvalue weighted by molar-refractivity contribution is 7.98. The van der Waals surface area contributed by atoms with Gasteiger partial charge in [0.1, 0.15) is 12.4 Å². The number of hydrogen-bond acceptors (Lipinski definition) is 6. The van der Waals surface area contributed by atoms with Crippen molar-refractivity contribution in [1.82, 2.24) is 25.4 Å². The number of hydrogen-bond donors (Lipinski definition) is 2. The number of esters is 1. The van der Waals surface area contributed by atoms with E-state index >= 15 is 0 Å². The SMILES string of the molecule is CCOC(=O)C1CCC(NC(=NCc2nnc(C)n2C)NCCCSC)CC1. The molecule has 0 spiro atoms. The number of aryl methyl sites for hydroxylation is 1. The first-order valence-corrected chi connectivity index (χ1v) is 11.5. The first-order chi connectivity index (χ1) is 13.5. The Morgan fingerprint density at radius 3 is 2.68 bits per heavy atom. The number of aromatic nitrogens is 3. The van der Waals surface area contributed by atoms with Crippen molar-refractivity contribution in [3.05, 3.63) is 11.6 Å². The lowest BCUT2D eigenvalue weighted by molar-refractivity contribution is -0.149. The molecular formula is C19H34N6O2S. The lowest BCUT2D eigenvalue weighted by Crippen LogP contribution is -2.45. The third-order valence-electron chi connectivity index (χ3n) is 5.07. The van der Waals surface area contributed by atoms with Crippen LogP contribution in [0.2, 0.25) is 0 Å². The van der Waals surface area contributed by atoms with Gasteiger partial charge in [0.05, 0.1) is 12.5 Å². The summed E-state index contributed by atoms with van der Waals surface area (Å²) in [6.07, 6.45) is 6.81. The first kappa shape index (κ1) is 22.5. The van der Waals surface area contributed by atoms with Crippen LogP contribution in [0.1, 0.15) is 50.7 Å². The lowest BCUT2D eigenvalue weighted by Gasteiger charge is -2.29. The number of thioether (sulfide) groups is 1. The van der Waals surface area contributed by atoms with Crippen molar-refractivity contribution in [2.75, 3.05) is 25.2 Å². The van der Waals surface area contributed by atoms with E-state index in [0.29, 0.717) is 19.2 Å². The molecule has 1 aliphatic rings. The number of rotatable bonds is 9. The van der Waals surface area contributed by atoms with Gasteiger partial charge in [-0.15, -0.1) is 10.2 Å². The predicted molar refractivity (Wildman–Crippen MR) is 113 cm³/mol. The number of ether oxygens (including phenoxy) is 1. The van der Waals surface area contributed by atoms with Crippen LogP contribution in [0, 0.1) is 12.8 Å². The van der Waals surface area contributed by atoms with Crippen LogP contribution >= 0.6 is 11.8 Å². The maximum Gasteiger partial charge on any atom is 0.308 e. The van der Waals surface area contributed by atoms with E-state index in [2.05, 4.69) is 27.1 Å². The summed E-state index contributed by atoms with van der Waals surface area (Å²) < 4.78 is 7.12. The monoisotopic (exact) mass is 410 g/mol. The van der Waals surface area contributed by atoms with Crippen LogP contribution in [0.15, 0.2) is 4.99 Å². The summed E-state index contributed by atoms with van der Waals surface area (Å²) in [5.74, 6) is 3.63. The molecule has 28 heavy (non-hydrogen) atoms. The molecular weight excluding hydrogens is 376 g/mol. The second kappa shape index (κ2) is 11.9. The molecule has 1 aromatic heterocycles. The van der Waals surface area contributed by atoms with Crippen LogP contribution in [0.5, 0.6) is 0 Å². The van der Waals surface area contributed by atoms with E-state index in [4.69, 9.17) is 9.73 Å². The molecule has 0 saturated heterocycles. The summed E-state index contributed by atoms with van der Waals surface area (Å²) in [5, 5.41) is 15.3. The Morgan fingerprint density at radius 2 is 2.07 bits per heavy atom. The third-order valence-corrected chi connectivity index (χ3v) is 5.76. The van der Waals surface area contributed by atoms with Gasteiger partial charge in [-0.05, 0) is 58.0 Å². The molecule has 0 atom stereocenters. The smallest absolute Gasteiger partial charge is 0.308 e. The number of carbonyl (C=O) groups is 1. The number of nitrogens with zero attached hydrogens (tertiary/aromatic N) is 4. The van der Waals surface area contributed by atoms with Crippen LogP contribution in [0.3, 0.4) is 0 Å². The van der Waals surface area contributed by atoms with Crippen molar-refractivity contribution in [2.45, 2.75) is 58.5 Å². The molecule has 1 aromatic rings. The minimum atomic E-state index is -0.0531. The molecule has 0 aliphatic heterocycles. The molecule has 1 heterocycles. The van der Waals surface area contributed by atoms with Crippen molar-refractivity contribution in [3.63, 3.8) is 0 Å². The van der Waals surface area contributed by atoms with Crippen LogP contribution in [-0.4, -0.2) is 57.9 Å². The minimum absolute atomic E-state index is 0.0366. The average molecular weight is 411 g/mol. The maximum atomic E-state index is 11.9. The van der Waals surface area contributed by atoms with E-state index in [1.807, 2.05) is 37.2 Å². The minimum Gasteiger partial charge on any atom is -0.466 e. The van der Waals surface area contributed by atoms with Gasteiger partial charge in [0, 0.05) is 19.6 Å². The van der Waals surface area contributed by atoms with E-state index in [-0.39, 0.29) is 11.9 Å². The van der Waals surface area contributed by atoms with E-state index in [0.717, 1.165) is 62.0 Å². The summed E-state index contributed by atoms with van der Waals surface area (Å²) in [6, 6.07) is 0.318. The van der Waals surface area contributed by atoms with Gasteiger partial charge in [0.15, 0.2) is 11.8 Å². The topological polar surface area (TPSA) is 93.4 Å². The fourth-order valence-electron chi connectivity index (χ4n) is 3.24. The molecule has 0 aromatic carbocycles. The Bertz CT molecular complexity index is 640. The number of guanidine groups is 1. The maximum absolute atomic E-state index is 11.9. The van der Waals surface area contributed by atoms with Gasteiger partial charge < -0.3 is 19.9 Å². The van der Waals surface area contributed by atoms with E-state index in [1.165, 1.54) is 0 Å². The Labute approximate surface area is 172 Å². The molecule has 0 unspecified atom stereocenters. The van der Waals surface area contributed by atoms with Crippen LogP contribution in [0.25, 0.3) is 0 Å². The first-order valence-electron chi connectivity index (χ1n) is 10.1. The molecule has 1 fully saturated rings. The van der Waals surface area contributed by atoms with Crippen molar-refractivity contribution in [3.8, 4) is 0 Å². The van der Waals surface area contributed by atoms with E-state index in [1.54, 1.807) is 0 Å². The molecule has 1 aliphatic carbocycles. The zero-order chi connectivity index (χ0) is 20.4. The molecule has 8 nitrogen and oxygen atoms in total. The highest BCUT2D eigenvalue weighted by Crippen LogP contribution is 2.25. The lowest BCUT2D eigenvalue weighted by atomic mass is 9.86. The van der Waals surface area contributed by atoms with Gasteiger partial charge in [-0.3, -0.25) is 4.79 Å². The van der Waals surface area contributed by atoms with Crippen LogP contribution in [0.4, 0.5) is 0 Å². The molecule has 158 valence electrons. The van der Waals surface area contributed by atoms with Crippen molar-refractivity contribution in [1.29, 1.82) is 0 Å². The zero-order valence-corrected chi connectivity index (χ0v) is 18.3. The van der Waals surface area contributed by atoms with Crippen LogP contribution < -0.4 is 10.6 Å².